The molecule has 0 saturated heterocycles. The quantitative estimate of drug-likeness (QED) is 0.494. The van der Waals surface area contributed by atoms with Gasteiger partial charge in [0.05, 0.1) is 6.10 Å². The Labute approximate surface area is 148 Å². The highest BCUT2D eigenvalue weighted by molar-refractivity contribution is 6.74. The molecule has 0 radical (unpaired) electrons. The lowest BCUT2D eigenvalue weighted by molar-refractivity contribution is -0.135. The Morgan fingerprint density at radius 1 is 1.29 bits per heavy atom. The second kappa shape index (κ2) is 6.24. The topological polar surface area (TPSA) is 26.3 Å². The molecule has 24 heavy (non-hydrogen) atoms. The highest BCUT2D eigenvalue weighted by atomic mass is 28.4. The van der Waals surface area contributed by atoms with Crippen LogP contribution in [0, 0.1) is 29.6 Å². The highest BCUT2D eigenvalue weighted by Gasteiger charge is 2.57. The number of fused-ring (bicyclic) bond motifs is 5. The lowest BCUT2D eigenvalue weighted by Gasteiger charge is -2.48. The van der Waals surface area contributed by atoms with Crippen molar-refractivity contribution in [1.29, 1.82) is 0 Å². The molecule has 2 saturated carbocycles. The van der Waals surface area contributed by atoms with E-state index in [4.69, 9.17) is 4.43 Å². The first kappa shape index (κ1) is 18.1. The first-order valence-electron chi connectivity index (χ1n) is 9.65. The van der Waals surface area contributed by atoms with Gasteiger partial charge >= 0.3 is 0 Å². The van der Waals surface area contributed by atoms with Gasteiger partial charge < -0.3 is 4.43 Å². The maximum atomic E-state index is 12.8. The van der Waals surface area contributed by atoms with E-state index in [1.165, 1.54) is 6.42 Å². The number of Topliss-reactive ketones (excluding diaryl/α,β-unsaturated/α-hetero) is 1. The van der Waals surface area contributed by atoms with Crippen LogP contribution >= 0.6 is 0 Å². The molecule has 3 aliphatic rings. The zero-order chi connectivity index (χ0) is 17.7. The average molecular weight is 347 g/mol. The summed E-state index contributed by atoms with van der Waals surface area (Å²) in [6.45, 7) is 15.5. The van der Waals surface area contributed by atoms with Gasteiger partial charge in [-0.3, -0.25) is 4.79 Å². The molecule has 6 atom stereocenters. The minimum Gasteiger partial charge on any atom is -0.413 e. The molecule has 2 nitrogen and oxygen atoms in total. The zero-order valence-electron chi connectivity index (χ0n) is 16.0. The van der Waals surface area contributed by atoms with Crippen LogP contribution < -0.4 is 0 Å². The molecule has 3 heteroatoms. The van der Waals surface area contributed by atoms with E-state index in [2.05, 4.69) is 52.6 Å². The Balaban J connectivity index is 1.89. The van der Waals surface area contributed by atoms with Gasteiger partial charge in [0.2, 0.25) is 0 Å². The van der Waals surface area contributed by atoms with Gasteiger partial charge in [-0.05, 0) is 55.1 Å². The van der Waals surface area contributed by atoms with Gasteiger partial charge in [0.1, 0.15) is 5.78 Å². The van der Waals surface area contributed by atoms with Crippen molar-refractivity contribution in [2.24, 2.45) is 29.6 Å². The molecule has 0 amide bonds. The third-order valence-corrected chi connectivity index (χ3v) is 11.7. The monoisotopic (exact) mass is 346 g/mol. The van der Waals surface area contributed by atoms with E-state index in [1.807, 2.05) is 6.08 Å². The molecule has 0 N–H and O–H groups in total. The first-order valence-corrected chi connectivity index (χ1v) is 12.6. The Morgan fingerprint density at radius 2 is 1.96 bits per heavy atom. The van der Waals surface area contributed by atoms with Crippen molar-refractivity contribution in [2.45, 2.75) is 70.7 Å². The predicted octanol–water partition coefficient (Wildman–Crippen LogP) is 5.37. The number of carbonyl (C=O) groups excluding carboxylic acids is 1. The minimum absolute atomic E-state index is 0.209. The Kier molecular flexibility index (Phi) is 4.72. The van der Waals surface area contributed by atoms with Crippen molar-refractivity contribution in [2.75, 3.05) is 0 Å². The minimum atomic E-state index is -1.84. The third kappa shape index (κ3) is 2.99. The van der Waals surface area contributed by atoms with Gasteiger partial charge in [-0.15, -0.1) is 6.58 Å². The van der Waals surface area contributed by atoms with Gasteiger partial charge in [-0.1, -0.05) is 39.0 Å². The van der Waals surface area contributed by atoms with Crippen molar-refractivity contribution in [3.8, 4) is 0 Å². The number of allylic oxidation sites excluding steroid dienone is 3. The summed E-state index contributed by atoms with van der Waals surface area (Å²) >= 11 is 0. The Morgan fingerprint density at radius 3 is 2.58 bits per heavy atom. The van der Waals surface area contributed by atoms with Crippen molar-refractivity contribution < 1.29 is 9.22 Å². The number of carbonyl (C=O) groups is 1. The van der Waals surface area contributed by atoms with Gasteiger partial charge in [0, 0.05) is 18.3 Å². The second-order valence-electron chi connectivity index (χ2n) is 9.69. The van der Waals surface area contributed by atoms with E-state index in [1.54, 1.807) is 0 Å². The molecule has 2 fully saturated rings. The smallest absolute Gasteiger partial charge is 0.192 e. The van der Waals surface area contributed by atoms with E-state index in [0.717, 1.165) is 12.8 Å². The van der Waals surface area contributed by atoms with Crippen molar-refractivity contribution in [3.63, 3.8) is 0 Å². The van der Waals surface area contributed by atoms with E-state index < -0.39 is 8.32 Å². The summed E-state index contributed by atoms with van der Waals surface area (Å²) in [6.07, 6.45) is 10.8. The van der Waals surface area contributed by atoms with Crippen molar-refractivity contribution in [3.05, 3.63) is 24.8 Å². The fraction of sp³-hybridized carbons (Fsp3) is 0.762. The fourth-order valence-corrected chi connectivity index (χ4v) is 6.26. The molecule has 0 aromatic heterocycles. The molecule has 2 bridgehead atoms. The lowest BCUT2D eigenvalue weighted by atomic mass is 9.66. The van der Waals surface area contributed by atoms with Crippen LogP contribution in [0.5, 0.6) is 0 Å². The normalized spacial score (nSPS) is 38.5. The van der Waals surface area contributed by atoms with Crippen molar-refractivity contribution >= 4 is 14.1 Å². The molecule has 0 unspecified atom stereocenters. The first-order chi connectivity index (χ1) is 11.2. The Hall–Kier alpha value is -0.673. The van der Waals surface area contributed by atoms with E-state index in [0.29, 0.717) is 35.9 Å². The molecule has 0 spiro atoms. The maximum absolute atomic E-state index is 12.8. The third-order valence-electron chi connectivity index (χ3n) is 7.18. The van der Waals surface area contributed by atoms with Crippen LogP contribution in [-0.4, -0.2) is 20.2 Å². The molecular weight excluding hydrogens is 312 g/mol. The van der Waals surface area contributed by atoms with Crippen LogP contribution in [0.1, 0.15) is 46.5 Å². The van der Waals surface area contributed by atoms with E-state index in [9.17, 15) is 4.79 Å². The molecule has 0 heterocycles. The molecule has 0 aromatic carbocycles. The van der Waals surface area contributed by atoms with Gasteiger partial charge in [0.25, 0.3) is 0 Å². The van der Waals surface area contributed by atoms with Crippen LogP contribution in [0.2, 0.25) is 18.1 Å². The van der Waals surface area contributed by atoms with Crippen molar-refractivity contribution in [1.82, 2.24) is 0 Å². The maximum Gasteiger partial charge on any atom is 0.192 e. The number of rotatable bonds is 5. The molecular formula is C21H34O2Si. The Bertz CT molecular complexity index is 543. The SMILES string of the molecule is C=CCC[C@@H]1CC(=O)[C@@H]2[C@H]([C@H]1O[Si](C)(C)C(C)(C)C)[C@@H]1C=C[C@H]2C1. The van der Waals surface area contributed by atoms with Crippen LogP contribution in [0.4, 0.5) is 0 Å². The summed E-state index contributed by atoms with van der Waals surface area (Å²) in [5.41, 5.74) is 0. The standard InChI is InChI=1S/C21H34O2Si/c1-7-8-9-16-13-17(22)18-14-10-11-15(12-14)19(18)20(16)23-24(5,6)21(2,3)4/h7,10-11,14-16,18-20H,1,8-9,12-13H2,2-6H3/t14-,15+,16+,18+,19+,20-/m0/s1. The fourth-order valence-electron chi connectivity index (χ4n) is 4.88. The zero-order valence-corrected chi connectivity index (χ0v) is 17.0. The van der Waals surface area contributed by atoms with E-state index >= 15 is 0 Å². The average Bonchev–Trinajstić information content (AvgIpc) is 3.08. The summed E-state index contributed by atoms with van der Waals surface area (Å²) in [7, 11) is -1.84. The highest BCUT2D eigenvalue weighted by Crippen LogP contribution is 2.56. The van der Waals surface area contributed by atoms with Gasteiger partial charge in [-0.25, -0.2) is 0 Å². The predicted molar refractivity (Wildman–Crippen MR) is 102 cm³/mol. The van der Waals surface area contributed by atoms with Crippen LogP contribution in [0.15, 0.2) is 24.8 Å². The van der Waals surface area contributed by atoms with Gasteiger partial charge in [-0.2, -0.15) is 0 Å². The molecule has 134 valence electrons. The molecule has 0 aromatic rings. The summed E-state index contributed by atoms with van der Waals surface area (Å²) in [5, 5.41) is 0.209. The van der Waals surface area contributed by atoms with Gasteiger partial charge in [0.15, 0.2) is 8.32 Å². The van der Waals surface area contributed by atoms with Crippen LogP contribution in [0.3, 0.4) is 0 Å². The summed E-state index contributed by atoms with van der Waals surface area (Å²) in [4.78, 5) is 12.8. The largest absolute Gasteiger partial charge is 0.413 e. The molecule has 3 aliphatic carbocycles. The summed E-state index contributed by atoms with van der Waals surface area (Å²) in [6, 6.07) is 0. The number of hydrogen-bond acceptors (Lipinski definition) is 2. The number of hydrogen-bond donors (Lipinski definition) is 0. The second-order valence-corrected chi connectivity index (χ2v) is 14.4. The van der Waals surface area contributed by atoms with Crippen LogP contribution in [-0.2, 0) is 9.22 Å². The molecule has 0 aliphatic heterocycles. The number of ketones is 1. The van der Waals surface area contributed by atoms with Crippen LogP contribution in [0.25, 0.3) is 0 Å². The van der Waals surface area contributed by atoms with E-state index in [-0.39, 0.29) is 17.1 Å². The summed E-state index contributed by atoms with van der Waals surface area (Å²) in [5.74, 6) is 2.57. The lowest BCUT2D eigenvalue weighted by Crippen LogP contribution is -2.53. The molecule has 3 rings (SSSR count). The summed E-state index contributed by atoms with van der Waals surface area (Å²) < 4.78 is 6.99.